The summed E-state index contributed by atoms with van der Waals surface area (Å²) in [5.41, 5.74) is 19.6. The van der Waals surface area contributed by atoms with Crippen LogP contribution in [0.4, 0.5) is 0 Å². The standard InChI is InChI=1S/C17H17.C15H14.C11H17.2ClH.Zr/c1-10-5-14-9-15-6-11(2)13(4)8-17(15)16(14)7-12(10)3;1-12-3-7-14(8-4-12)11-15-9-5-13(2)6-10-15;1-5-9-6-7-10(8-9)11(2,3)4;;;/h5,7-8H,9H2,1-4H3;3-10H,1-2H3;6-8H,5H2,1-4H3;2*1H;/q-1;;-1;;;+2/p-2. The van der Waals surface area contributed by atoms with Crippen LogP contribution < -0.4 is 24.8 Å². The molecule has 6 rings (SSSR count). The van der Waals surface area contributed by atoms with Gasteiger partial charge in [0, 0.05) is 0 Å². The Labute approximate surface area is 306 Å². The van der Waals surface area contributed by atoms with E-state index in [-0.39, 0.29) is 24.8 Å². The van der Waals surface area contributed by atoms with E-state index in [0.717, 1.165) is 12.8 Å². The van der Waals surface area contributed by atoms with Crippen molar-refractivity contribution in [3.05, 3.63) is 158 Å². The minimum Gasteiger partial charge on any atom is -1.00 e. The Hall–Kier alpha value is -2.44. The molecule has 0 fully saturated rings. The van der Waals surface area contributed by atoms with Gasteiger partial charge in [-0.3, -0.25) is 0 Å². The minimum atomic E-state index is 0. The molecule has 0 bridgehead atoms. The molecule has 46 heavy (non-hydrogen) atoms. The zero-order chi connectivity index (χ0) is 32.2. The first-order chi connectivity index (χ1) is 20.8. The fraction of sp³-hybridized carbons (Fsp3) is 0.302. The van der Waals surface area contributed by atoms with E-state index >= 15 is 0 Å². The molecule has 240 valence electrons. The third-order valence-electron chi connectivity index (χ3n) is 8.77. The maximum absolute atomic E-state index is 3.54. The summed E-state index contributed by atoms with van der Waals surface area (Å²) in [5, 5.41) is 0. The molecule has 0 N–H and O–H groups in total. The molecule has 0 spiro atoms. The van der Waals surface area contributed by atoms with Crippen LogP contribution in [0.2, 0.25) is 0 Å². The molecule has 0 atom stereocenters. The fourth-order valence-electron chi connectivity index (χ4n) is 5.43. The Morgan fingerprint density at radius 1 is 0.717 bits per heavy atom. The van der Waals surface area contributed by atoms with Crippen LogP contribution in [-0.2, 0) is 42.5 Å². The van der Waals surface area contributed by atoms with Crippen molar-refractivity contribution in [2.75, 3.05) is 0 Å². The Morgan fingerprint density at radius 2 is 1.22 bits per heavy atom. The molecule has 0 unspecified atom stereocenters. The number of aryl methyl sites for hydroxylation is 7. The smallest absolute Gasteiger partial charge is 1.00 e. The minimum absolute atomic E-state index is 0. The molecule has 0 amide bonds. The average Bonchev–Trinajstić information content (AvgIpc) is 3.60. The van der Waals surface area contributed by atoms with Crippen LogP contribution >= 0.6 is 0 Å². The van der Waals surface area contributed by atoms with Gasteiger partial charge in [0.25, 0.3) is 0 Å². The molecule has 0 nitrogen and oxygen atoms in total. The van der Waals surface area contributed by atoms with Crippen LogP contribution in [0.5, 0.6) is 0 Å². The predicted octanol–water partition coefficient (Wildman–Crippen LogP) is 4.98. The second-order valence-electron chi connectivity index (χ2n) is 13.5. The summed E-state index contributed by atoms with van der Waals surface area (Å²) in [6.45, 7) is 21.9. The first-order valence-electron chi connectivity index (χ1n) is 15.9. The van der Waals surface area contributed by atoms with Gasteiger partial charge in [0.05, 0.1) is 0 Å². The van der Waals surface area contributed by atoms with Crippen LogP contribution in [0, 0.1) is 47.6 Å². The zero-order valence-corrected chi connectivity index (χ0v) is 33.2. The Bertz CT molecular complexity index is 1640. The maximum Gasteiger partial charge on any atom is -1.00 e. The molecular formula is C43H48Cl2Zr-2. The van der Waals surface area contributed by atoms with Gasteiger partial charge in [-0.15, -0.1) is 11.1 Å². The molecule has 3 heteroatoms. The number of fused-ring (bicyclic) bond motifs is 3. The van der Waals surface area contributed by atoms with Crippen LogP contribution in [0.3, 0.4) is 0 Å². The van der Waals surface area contributed by atoms with Gasteiger partial charge < -0.3 is 24.8 Å². The second-order valence-corrected chi connectivity index (χ2v) is 14.7. The number of hydrogen-bond acceptors (Lipinski definition) is 0. The van der Waals surface area contributed by atoms with E-state index in [2.05, 4.69) is 160 Å². The van der Waals surface area contributed by atoms with Crippen LogP contribution in [0.15, 0.2) is 84.9 Å². The molecule has 1 aliphatic carbocycles. The molecule has 0 saturated heterocycles. The van der Waals surface area contributed by atoms with Crippen molar-refractivity contribution in [1.82, 2.24) is 0 Å². The third kappa shape index (κ3) is 10.0. The molecule has 0 heterocycles. The van der Waals surface area contributed by atoms with E-state index in [4.69, 9.17) is 0 Å². The Balaban J connectivity index is 0.000000241. The number of benzene rings is 4. The van der Waals surface area contributed by atoms with Crippen molar-refractivity contribution in [3.8, 4) is 11.1 Å². The van der Waals surface area contributed by atoms with Crippen molar-refractivity contribution in [1.29, 1.82) is 0 Å². The number of halogens is 2. The zero-order valence-electron chi connectivity index (χ0n) is 29.3. The van der Waals surface area contributed by atoms with Gasteiger partial charge in [0.1, 0.15) is 0 Å². The summed E-state index contributed by atoms with van der Waals surface area (Å²) in [6, 6.07) is 34.8. The summed E-state index contributed by atoms with van der Waals surface area (Å²) in [7, 11) is 0. The predicted molar refractivity (Wildman–Crippen MR) is 188 cm³/mol. The van der Waals surface area contributed by atoms with E-state index in [1.165, 1.54) is 105 Å². The third-order valence-corrected chi connectivity index (χ3v) is 10.2. The van der Waals surface area contributed by atoms with Crippen molar-refractivity contribution in [2.24, 2.45) is 0 Å². The van der Waals surface area contributed by atoms with Gasteiger partial charge in [0.15, 0.2) is 0 Å². The van der Waals surface area contributed by atoms with Crippen molar-refractivity contribution < 1.29 is 49.0 Å². The molecule has 0 aliphatic heterocycles. The fourth-order valence-corrected chi connectivity index (χ4v) is 6.25. The van der Waals surface area contributed by atoms with E-state index in [9.17, 15) is 0 Å². The number of rotatable bonds is 3. The van der Waals surface area contributed by atoms with E-state index < -0.39 is 0 Å². The van der Waals surface area contributed by atoms with E-state index in [0.29, 0.717) is 5.41 Å². The molecule has 5 aromatic rings. The summed E-state index contributed by atoms with van der Waals surface area (Å²) < 4.78 is 1.42. The van der Waals surface area contributed by atoms with Crippen LogP contribution in [0.1, 0.15) is 94.5 Å². The number of hydrogen-bond donors (Lipinski definition) is 0. The van der Waals surface area contributed by atoms with Gasteiger partial charge >= 0.3 is 112 Å². The van der Waals surface area contributed by atoms with Crippen molar-refractivity contribution in [3.63, 3.8) is 0 Å². The molecule has 0 radical (unpaired) electrons. The van der Waals surface area contributed by atoms with Gasteiger partial charge in [0.2, 0.25) is 0 Å². The van der Waals surface area contributed by atoms with Gasteiger partial charge in [-0.1, -0.05) is 71.1 Å². The van der Waals surface area contributed by atoms with Gasteiger partial charge in [-0.25, -0.2) is 6.07 Å². The normalized spacial score (nSPS) is 11.0. The second kappa shape index (κ2) is 17.1. The Kier molecular flexibility index (Phi) is 14.8. The molecular weight excluding hydrogens is 679 g/mol. The van der Waals surface area contributed by atoms with Crippen LogP contribution in [0.25, 0.3) is 11.1 Å². The molecule has 1 aliphatic rings. The van der Waals surface area contributed by atoms with E-state index in [1.807, 2.05) is 0 Å². The van der Waals surface area contributed by atoms with Crippen molar-refractivity contribution in [2.45, 2.75) is 87.5 Å². The maximum atomic E-state index is 3.54. The molecule has 0 saturated carbocycles. The summed E-state index contributed by atoms with van der Waals surface area (Å²) in [5.74, 6) is 0. The summed E-state index contributed by atoms with van der Waals surface area (Å²) in [4.78, 5) is 0. The monoisotopic (exact) mass is 724 g/mol. The topological polar surface area (TPSA) is 0 Å². The van der Waals surface area contributed by atoms with Gasteiger partial charge in [-0.2, -0.15) is 46.5 Å². The molecule has 0 aromatic heterocycles. The SMILES string of the molecule is CCc1cc(C(C)(C)C)c[cH-]1.Cc1[c-]c2c(cc1C)-c1cc(C)c(C)cc1C2.Cc1ccc([C](=[Zr+2])c2ccc(C)cc2)cc1.[Cl-].[Cl-]. The van der Waals surface area contributed by atoms with Crippen molar-refractivity contribution >= 4 is 3.21 Å². The average molecular weight is 727 g/mol. The van der Waals surface area contributed by atoms with Gasteiger partial charge in [-0.05, 0) is 37.0 Å². The quantitative estimate of drug-likeness (QED) is 0.226. The first-order valence-corrected chi connectivity index (χ1v) is 17.1. The van der Waals surface area contributed by atoms with Crippen LogP contribution in [-0.4, -0.2) is 3.21 Å². The van der Waals surface area contributed by atoms with E-state index in [1.54, 1.807) is 0 Å². The largest absolute Gasteiger partial charge is 1.00 e. The summed E-state index contributed by atoms with van der Waals surface area (Å²) in [6.07, 6.45) is 2.20. The molecule has 5 aromatic carbocycles. The summed E-state index contributed by atoms with van der Waals surface area (Å²) >= 11 is 1.46. The first kappa shape index (κ1) is 39.7. The Morgan fingerprint density at radius 3 is 1.67 bits per heavy atom.